The van der Waals surface area contributed by atoms with Gasteiger partial charge in [0.25, 0.3) is 5.91 Å². The first kappa shape index (κ1) is 20.3. The average Bonchev–Trinajstić information content (AvgIpc) is 2.58. The monoisotopic (exact) mass is 491 g/mol. The second kappa shape index (κ2) is 10.2. The van der Waals surface area contributed by atoms with Crippen molar-refractivity contribution < 1.29 is 9.53 Å². The molecule has 0 bridgehead atoms. The Balaban J connectivity index is 2.02. The van der Waals surface area contributed by atoms with Gasteiger partial charge in [-0.15, -0.1) is 0 Å². The Morgan fingerprint density at radius 2 is 1.72 bits per heavy atom. The van der Waals surface area contributed by atoms with Gasteiger partial charge in [0.15, 0.2) is 5.75 Å². The number of hydrogen-bond acceptors (Lipinski definition) is 2. The number of anilines is 1. The lowest BCUT2D eigenvalue weighted by Crippen LogP contribution is -2.12. The van der Waals surface area contributed by atoms with Gasteiger partial charge in [-0.1, -0.05) is 49.4 Å². The summed E-state index contributed by atoms with van der Waals surface area (Å²) in [6.07, 6.45) is 4.42. The molecule has 25 heavy (non-hydrogen) atoms. The fraction of sp³-hybridized carbons (Fsp3) is 0.316. The fourth-order valence-corrected chi connectivity index (χ4v) is 3.22. The van der Waals surface area contributed by atoms with Crippen LogP contribution < -0.4 is 10.1 Å². The van der Waals surface area contributed by atoms with Gasteiger partial charge in [0.2, 0.25) is 0 Å². The minimum absolute atomic E-state index is 0.264. The molecule has 0 unspecified atom stereocenters. The van der Waals surface area contributed by atoms with Gasteiger partial charge in [-0.05, 0) is 65.4 Å². The van der Waals surface area contributed by atoms with Crippen LogP contribution in [0.5, 0.6) is 5.75 Å². The lowest BCUT2D eigenvalue weighted by molar-refractivity contribution is 0.102. The van der Waals surface area contributed by atoms with Gasteiger partial charge < -0.3 is 10.1 Å². The van der Waals surface area contributed by atoms with Crippen LogP contribution in [0.1, 0.15) is 43.0 Å². The van der Waals surface area contributed by atoms with Crippen LogP contribution >= 0.6 is 45.8 Å². The summed E-state index contributed by atoms with van der Waals surface area (Å²) in [6.45, 7) is 2.72. The maximum atomic E-state index is 12.4. The van der Waals surface area contributed by atoms with Crippen LogP contribution in [-0.4, -0.2) is 12.5 Å². The number of carbonyl (C=O) groups excluding carboxylic acids is 1. The maximum Gasteiger partial charge on any atom is 0.255 e. The fourth-order valence-electron chi connectivity index (χ4n) is 2.27. The number of nitrogens with one attached hydrogen (secondary N) is 1. The molecule has 6 heteroatoms. The largest absolute Gasteiger partial charge is 0.490 e. The van der Waals surface area contributed by atoms with Crippen molar-refractivity contribution in [2.24, 2.45) is 0 Å². The summed E-state index contributed by atoms with van der Waals surface area (Å²) in [5, 5.41) is 3.51. The third kappa shape index (κ3) is 6.35. The average molecular weight is 492 g/mol. The van der Waals surface area contributed by atoms with Gasteiger partial charge in [-0.2, -0.15) is 0 Å². The van der Waals surface area contributed by atoms with E-state index in [1.807, 2.05) is 24.3 Å². The van der Waals surface area contributed by atoms with Gasteiger partial charge in [0.05, 0.1) is 16.7 Å². The smallest absolute Gasteiger partial charge is 0.255 e. The molecule has 0 saturated heterocycles. The summed E-state index contributed by atoms with van der Waals surface area (Å²) < 4.78 is 6.78. The van der Waals surface area contributed by atoms with Gasteiger partial charge in [-0.3, -0.25) is 4.79 Å². The highest BCUT2D eigenvalue weighted by molar-refractivity contribution is 14.1. The van der Waals surface area contributed by atoms with Crippen LogP contribution in [0.3, 0.4) is 0 Å². The number of ether oxygens (including phenoxy) is 1. The molecule has 0 heterocycles. The molecule has 0 spiro atoms. The van der Waals surface area contributed by atoms with E-state index in [0.29, 0.717) is 33.7 Å². The molecular weight excluding hydrogens is 472 g/mol. The van der Waals surface area contributed by atoms with E-state index >= 15 is 0 Å². The van der Waals surface area contributed by atoms with Crippen molar-refractivity contribution in [1.29, 1.82) is 0 Å². The molecule has 2 aromatic carbocycles. The van der Waals surface area contributed by atoms with E-state index in [4.69, 9.17) is 27.9 Å². The van der Waals surface area contributed by atoms with E-state index < -0.39 is 0 Å². The summed E-state index contributed by atoms with van der Waals surface area (Å²) in [5.74, 6) is 0.171. The van der Waals surface area contributed by atoms with Gasteiger partial charge in [0.1, 0.15) is 0 Å². The Morgan fingerprint density at radius 3 is 2.32 bits per heavy atom. The van der Waals surface area contributed by atoms with Crippen molar-refractivity contribution in [2.45, 2.75) is 32.6 Å². The van der Waals surface area contributed by atoms with Crippen molar-refractivity contribution in [3.05, 3.63) is 55.6 Å². The lowest BCUT2D eigenvalue weighted by Gasteiger charge is -2.12. The van der Waals surface area contributed by atoms with Crippen LogP contribution in [0.2, 0.25) is 10.0 Å². The highest BCUT2D eigenvalue weighted by atomic mass is 127. The Bertz CT molecular complexity index is 697. The molecule has 0 aliphatic heterocycles. The molecule has 134 valence electrons. The van der Waals surface area contributed by atoms with Crippen LogP contribution in [-0.2, 0) is 0 Å². The number of halogens is 3. The topological polar surface area (TPSA) is 38.3 Å². The van der Waals surface area contributed by atoms with Crippen LogP contribution in [0.4, 0.5) is 5.69 Å². The number of benzene rings is 2. The van der Waals surface area contributed by atoms with E-state index in [2.05, 4.69) is 34.8 Å². The van der Waals surface area contributed by atoms with E-state index in [-0.39, 0.29) is 5.91 Å². The molecule has 0 atom stereocenters. The van der Waals surface area contributed by atoms with Crippen LogP contribution in [0.25, 0.3) is 0 Å². The van der Waals surface area contributed by atoms with E-state index in [0.717, 1.165) is 16.4 Å². The molecule has 2 aromatic rings. The van der Waals surface area contributed by atoms with Crippen LogP contribution in [0.15, 0.2) is 36.4 Å². The molecule has 3 nitrogen and oxygen atoms in total. The zero-order valence-electron chi connectivity index (χ0n) is 14.0. The third-order valence-corrected chi connectivity index (χ3v) is 4.89. The first-order chi connectivity index (χ1) is 12.0. The molecule has 0 saturated carbocycles. The predicted molar refractivity (Wildman–Crippen MR) is 113 cm³/mol. The molecular formula is C19H20Cl2INO2. The van der Waals surface area contributed by atoms with Crippen molar-refractivity contribution in [1.82, 2.24) is 0 Å². The lowest BCUT2D eigenvalue weighted by atomic mass is 10.2. The summed E-state index contributed by atoms with van der Waals surface area (Å²) in [6, 6.07) is 10.7. The minimum atomic E-state index is -0.264. The number of amides is 1. The number of carbonyl (C=O) groups is 1. The summed E-state index contributed by atoms with van der Waals surface area (Å²) in [5.41, 5.74) is 1.11. The third-order valence-electron chi connectivity index (χ3n) is 3.61. The Hall–Kier alpha value is -0.980. The second-order valence-electron chi connectivity index (χ2n) is 5.64. The van der Waals surface area contributed by atoms with Crippen molar-refractivity contribution in [2.75, 3.05) is 11.9 Å². The molecule has 0 aliphatic rings. The SMILES string of the molecule is CCCCCCOc1c(Cl)cc(C(=O)Nc2ccc(I)cc2)cc1Cl. The van der Waals surface area contributed by atoms with Crippen molar-refractivity contribution in [3.8, 4) is 5.75 Å². The van der Waals surface area contributed by atoms with Crippen molar-refractivity contribution >= 4 is 57.4 Å². The Kier molecular flexibility index (Phi) is 8.33. The number of unbranched alkanes of at least 4 members (excludes halogenated alkanes) is 3. The summed E-state index contributed by atoms with van der Waals surface area (Å²) in [7, 11) is 0. The normalized spacial score (nSPS) is 10.6. The molecule has 0 aromatic heterocycles. The standard InChI is InChI=1S/C19H20Cl2INO2/c1-2-3-4-5-10-25-18-16(20)11-13(12-17(18)21)19(24)23-15-8-6-14(22)7-9-15/h6-9,11-12H,2-5,10H2,1H3,(H,23,24). The Morgan fingerprint density at radius 1 is 1.08 bits per heavy atom. The van der Waals surface area contributed by atoms with Gasteiger partial charge in [0, 0.05) is 14.8 Å². The highest BCUT2D eigenvalue weighted by Crippen LogP contribution is 2.34. The zero-order chi connectivity index (χ0) is 18.2. The molecule has 0 aliphatic carbocycles. The van der Waals surface area contributed by atoms with Gasteiger partial charge in [-0.25, -0.2) is 0 Å². The quantitative estimate of drug-likeness (QED) is 0.325. The van der Waals surface area contributed by atoms with E-state index in [1.54, 1.807) is 12.1 Å². The Labute approximate surface area is 172 Å². The van der Waals surface area contributed by atoms with Crippen molar-refractivity contribution in [3.63, 3.8) is 0 Å². The van der Waals surface area contributed by atoms with E-state index in [9.17, 15) is 4.79 Å². The molecule has 2 rings (SSSR count). The number of hydrogen-bond donors (Lipinski definition) is 1. The molecule has 0 radical (unpaired) electrons. The van der Waals surface area contributed by atoms with E-state index in [1.165, 1.54) is 12.8 Å². The second-order valence-corrected chi connectivity index (χ2v) is 7.70. The van der Waals surface area contributed by atoms with Crippen LogP contribution in [0, 0.1) is 3.57 Å². The highest BCUT2D eigenvalue weighted by Gasteiger charge is 2.14. The first-order valence-electron chi connectivity index (χ1n) is 8.20. The summed E-state index contributed by atoms with van der Waals surface area (Å²) >= 11 is 14.7. The van der Waals surface area contributed by atoms with Gasteiger partial charge >= 0.3 is 0 Å². The molecule has 0 fully saturated rings. The zero-order valence-corrected chi connectivity index (χ0v) is 17.6. The summed E-state index contributed by atoms with van der Waals surface area (Å²) in [4.78, 5) is 12.4. The maximum absolute atomic E-state index is 12.4. The molecule has 1 N–H and O–H groups in total. The number of rotatable bonds is 8. The first-order valence-corrected chi connectivity index (χ1v) is 10.0. The molecule has 1 amide bonds. The minimum Gasteiger partial charge on any atom is -0.490 e. The predicted octanol–water partition coefficient (Wildman–Crippen LogP) is 6.81.